The number of nitriles is 2. The molecule has 0 amide bonds. The quantitative estimate of drug-likeness (QED) is 0.0770. The summed E-state index contributed by atoms with van der Waals surface area (Å²) in [6.45, 7) is 46.8. The van der Waals surface area contributed by atoms with Crippen LogP contribution in [0.2, 0.25) is 0 Å². The molecule has 0 aliphatic heterocycles. The molecule has 13 aromatic heterocycles. The van der Waals surface area contributed by atoms with Gasteiger partial charge in [-0.25, -0.2) is 79.7 Å². The normalized spacial score (nSPS) is 10.4. The minimum atomic E-state index is 0.231. The fraction of sp³-hybridized carbons (Fsp3) is 0.270. The van der Waals surface area contributed by atoms with Crippen molar-refractivity contribution in [3.05, 3.63) is 441 Å². The molecule has 5 aromatic carbocycles. The molecule has 0 spiro atoms. The smallest absolute Gasteiger partial charge is 0.232 e. The van der Waals surface area contributed by atoms with Crippen molar-refractivity contribution in [3.8, 4) is 90.9 Å². The highest BCUT2D eigenvalue weighted by molar-refractivity contribution is 5.65. The van der Waals surface area contributed by atoms with E-state index in [0.29, 0.717) is 70.7 Å². The van der Waals surface area contributed by atoms with Gasteiger partial charge in [0.05, 0.1) is 11.3 Å². The molecule has 0 bridgehead atoms. The molecule has 0 aliphatic rings. The maximum Gasteiger partial charge on any atom is 0.232 e. The number of hydrogen-bond acceptors (Lipinski definition) is 23. The Morgan fingerprint density at radius 3 is 0.821 bits per heavy atom. The van der Waals surface area contributed by atoms with E-state index in [1.807, 2.05) is 228 Å². The summed E-state index contributed by atoms with van der Waals surface area (Å²) in [6, 6.07) is 73.6. The van der Waals surface area contributed by atoms with Crippen molar-refractivity contribution >= 4 is 0 Å². The van der Waals surface area contributed by atoms with Gasteiger partial charge in [-0.3, -0.25) is 24.9 Å². The van der Waals surface area contributed by atoms with Gasteiger partial charge in [0.15, 0.2) is 17.5 Å². The van der Waals surface area contributed by atoms with E-state index in [9.17, 15) is 0 Å². The third-order valence-electron chi connectivity index (χ3n) is 22.0. The average Bonchev–Trinajstić information content (AvgIpc) is 0.875. The highest BCUT2D eigenvalue weighted by atomic mass is 14.9. The molecule has 0 fully saturated rings. The van der Waals surface area contributed by atoms with Gasteiger partial charge in [0, 0.05) is 200 Å². The van der Waals surface area contributed by atoms with E-state index in [1.54, 1.807) is 74.5 Å². The Balaban J connectivity index is 0.000000196. The first kappa shape index (κ1) is 114. The van der Waals surface area contributed by atoms with Gasteiger partial charge >= 0.3 is 0 Å². The Hall–Kier alpha value is -16.5. The zero-order valence-electron chi connectivity index (χ0n) is 87.8. The van der Waals surface area contributed by atoms with E-state index >= 15 is 0 Å². The highest BCUT2D eigenvalue weighted by Gasteiger charge is 2.12. The number of hydrogen-bond donors (Lipinski definition) is 0. The number of rotatable bonds is 18. The first-order valence-corrected chi connectivity index (χ1v) is 49.2. The van der Waals surface area contributed by atoms with E-state index in [1.165, 1.54) is 55.6 Å². The standard InChI is InChI=1S/3C14H15N.2C13H14N2.2C12H13N3.2C8H9N3.2C7H10N2/c1-11(2)12-3-5-13(6-4-12)14-7-9-15-10-8-14;1-11(2)12-5-7-13(8-6-12)14-4-3-9-15-10-14;1-11(2)12-6-8-13(9-7-12)14-5-3-4-10-15-14;1-10(2)13-14-8-12(9-15-13)11-6-4-3-5-7-11;1-10(2)12-8-14-13(15-9-12)11-6-4-3-5-7-11;1-9(2)11-7-14-12(15-8-11)10-3-5-13-6-4-10;1-9(2)11-7-14-12(15-8-11)10-4-3-5-13-6-10;1-6(2)7-4-10-8(3-9)11-5-7;1-6(2)8-10-4-7(3-9)5-11-8;1-6(2)7-3-8-5-9-4-7;1-6(2)7-8-4-3-5-9-7/h3*3-11H,1-2H3;2*3-10H,1-2H3;2*3-9H,1-2H3;2*4-6H,1-2H3;2*3-6H,1-2H3. The Kier molecular flexibility index (Phi) is 49.1. The zero-order valence-corrected chi connectivity index (χ0v) is 87.8. The fourth-order valence-corrected chi connectivity index (χ4v) is 12.7. The predicted molar refractivity (Wildman–Crippen MR) is 587 cm³/mol. The SMILES string of the molecule is CC(C)c1ccc(-c2ccccn2)cc1.CC(C)c1ccc(-c2cccnc2)cc1.CC(C)c1ccc(-c2ccncc2)cc1.CC(C)c1cnc(-c2ccccc2)nc1.CC(C)c1cnc(-c2cccnc2)nc1.CC(C)c1cnc(-c2ccncc2)nc1.CC(C)c1cnc(C#N)nc1.CC(C)c1cncnc1.CC(C)c1ncc(-c2ccccc2)cn1.CC(C)c1ncc(C#N)cn1.CC(C)c1ncccn1. The maximum atomic E-state index is 8.44. The van der Waals surface area contributed by atoms with Crippen LogP contribution in [-0.4, -0.2) is 105 Å². The van der Waals surface area contributed by atoms with Gasteiger partial charge < -0.3 is 0 Å². The molecule has 0 unspecified atom stereocenters. The highest BCUT2D eigenvalue weighted by Crippen LogP contribution is 2.28. The summed E-state index contributed by atoms with van der Waals surface area (Å²) in [5.74, 6) is 10.4. The Morgan fingerprint density at radius 1 is 0.172 bits per heavy atom. The number of aromatic nitrogens is 21. The Labute approximate surface area is 859 Å². The second-order valence-electron chi connectivity index (χ2n) is 37.0. The molecule has 0 atom stereocenters. The van der Waals surface area contributed by atoms with Crippen molar-refractivity contribution in [3.63, 3.8) is 0 Å². The van der Waals surface area contributed by atoms with E-state index < -0.39 is 0 Å². The van der Waals surface area contributed by atoms with Crippen molar-refractivity contribution in [1.82, 2.24) is 105 Å². The van der Waals surface area contributed by atoms with Crippen molar-refractivity contribution in [2.24, 2.45) is 0 Å². The minimum absolute atomic E-state index is 0.231. The molecule has 23 heteroatoms. The molecule has 18 aromatic rings. The van der Waals surface area contributed by atoms with Crippen LogP contribution in [-0.2, 0) is 0 Å². The topological polar surface area (TPSA) is 318 Å². The Morgan fingerprint density at radius 2 is 0.476 bits per heavy atom. The second-order valence-corrected chi connectivity index (χ2v) is 37.0. The molecule has 0 saturated carbocycles. The van der Waals surface area contributed by atoms with Gasteiger partial charge in [0.1, 0.15) is 35.9 Å². The van der Waals surface area contributed by atoms with Crippen LogP contribution in [0.5, 0.6) is 0 Å². The summed E-state index contributed by atoms with van der Waals surface area (Å²) in [4.78, 5) is 86.8. The Bertz CT molecular complexity index is 5640. The molecule has 0 N–H and O–H groups in total. The van der Waals surface area contributed by atoms with Gasteiger partial charge in [-0.1, -0.05) is 298 Å². The van der Waals surface area contributed by atoms with Gasteiger partial charge in [-0.05, 0) is 180 Å². The molecule has 0 aliphatic carbocycles. The van der Waals surface area contributed by atoms with Crippen LogP contribution < -0.4 is 0 Å². The molecular weight excluding hydrogens is 1790 g/mol. The lowest BCUT2D eigenvalue weighted by molar-refractivity contribution is 0.772. The summed E-state index contributed by atoms with van der Waals surface area (Å²) in [7, 11) is 0. The molecule has 0 radical (unpaired) electrons. The van der Waals surface area contributed by atoms with Gasteiger partial charge in [-0.15, -0.1) is 0 Å². The van der Waals surface area contributed by atoms with Crippen LogP contribution in [0.3, 0.4) is 0 Å². The zero-order chi connectivity index (χ0) is 105. The lowest BCUT2D eigenvalue weighted by Gasteiger charge is -2.06. The summed E-state index contributed by atoms with van der Waals surface area (Å²) in [5.41, 5.74) is 22.7. The van der Waals surface area contributed by atoms with E-state index in [2.05, 4.69) is 334 Å². The van der Waals surface area contributed by atoms with Crippen molar-refractivity contribution in [2.75, 3.05) is 0 Å². The summed E-state index contributed by atoms with van der Waals surface area (Å²) < 4.78 is 0. The monoisotopic (exact) mass is 1920 g/mol. The molecule has 0 saturated heterocycles. The van der Waals surface area contributed by atoms with Crippen molar-refractivity contribution < 1.29 is 0 Å². The van der Waals surface area contributed by atoms with Crippen LogP contribution in [0.25, 0.3) is 78.8 Å². The summed E-state index contributed by atoms with van der Waals surface area (Å²) in [5, 5.41) is 16.8. The van der Waals surface area contributed by atoms with Gasteiger partial charge in [0.2, 0.25) is 5.82 Å². The van der Waals surface area contributed by atoms with Crippen LogP contribution in [0, 0.1) is 22.7 Å². The third kappa shape index (κ3) is 40.9. The number of nitrogens with zero attached hydrogens (tertiary/aromatic N) is 23. The molecular formula is C122H137N23. The van der Waals surface area contributed by atoms with E-state index in [0.717, 1.165) is 85.1 Å². The molecule has 23 nitrogen and oxygen atoms in total. The first-order chi connectivity index (χ1) is 70.0. The summed E-state index contributed by atoms with van der Waals surface area (Å²) >= 11 is 0. The van der Waals surface area contributed by atoms with Crippen molar-refractivity contribution in [1.29, 1.82) is 10.5 Å². The molecule has 13 heterocycles. The van der Waals surface area contributed by atoms with Crippen LogP contribution in [0.1, 0.15) is 291 Å². The predicted octanol–water partition coefficient (Wildman–Crippen LogP) is 29.6. The summed E-state index contributed by atoms with van der Waals surface area (Å²) in [6.07, 6.45) is 46.5. The van der Waals surface area contributed by atoms with Crippen LogP contribution in [0.4, 0.5) is 0 Å². The van der Waals surface area contributed by atoms with Gasteiger partial charge in [0.25, 0.3) is 0 Å². The minimum Gasteiger partial charge on any atom is -0.265 e. The van der Waals surface area contributed by atoms with Crippen molar-refractivity contribution in [2.45, 2.75) is 217 Å². The molecule has 145 heavy (non-hydrogen) atoms. The largest absolute Gasteiger partial charge is 0.265 e. The van der Waals surface area contributed by atoms with E-state index in [4.69, 9.17) is 10.5 Å². The average molecular weight is 1930 g/mol. The van der Waals surface area contributed by atoms with Gasteiger partial charge in [-0.2, -0.15) is 10.5 Å². The lowest BCUT2D eigenvalue weighted by atomic mass is 9.99. The third-order valence-corrected chi connectivity index (χ3v) is 22.0. The first-order valence-electron chi connectivity index (χ1n) is 49.2. The van der Waals surface area contributed by atoms with Crippen LogP contribution in [0.15, 0.2) is 368 Å². The fourth-order valence-electron chi connectivity index (χ4n) is 12.7. The second kappa shape index (κ2) is 62.6. The molecule has 740 valence electrons. The molecule has 18 rings (SSSR count). The lowest BCUT2D eigenvalue weighted by Crippen LogP contribution is -1.96. The number of pyridine rings is 5. The van der Waals surface area contributed by atoms with E-state index in [-0.39, 0.29) is 5.82 Å². The van der Waals surface area contributed by atoms with Crippen LogP contribution >= 0.6 is 0 Å². The number of benzene rings is 5. The maximum absolute atomic E-state index is 8.44.